The summed E-state index contributed by atoms with van der Waals surface area (Å²) in [5.74, 6) is 0.352. The molecular formula is C16H13N2O2P. The largest absolute Gasteiger partial charge is 0.503 e. The van der Waals surface area contributed by atoms with Gasteiger partial charge in [-0.15, -0.1) is 9.24 Å². The van der Waals surface area contributed by atoms with Gasteiger partial charge in [-0.05, 0) is 17.2 Å². The quantitative estimate of drug-likeness (QED) is 0.737. The first-order valence-corrected chi connectivity index (χ1v) is 6.96. The minimum Gasteiger partial charge on any atom is -0.503 e. The fraction of sp³-hybridized carbons (Fsp3) is 0. The lowest BCUT2D eigenvalue weighted by atomic mass is 10.1. The van der Waals surface area contributed by atoms with Crippen molar-refractivity contribution in [2.75, 3.05) is 0 Å². The van der Waals surface area contributed by atoms with E-state index in [-0.39, 0.29) is 5.75 Å². The third kappa shape index (κ3) is 2.58. The van der Waals surface area contributed by atoms with Crippen LogP contribution in [0.5, 0.6) is 5.75 Å². The minimum atomic E-state index is -0.407. The monoisotopic (exact) mass is 296 g/mol. The van der Waals surface area contributed by atoms with Crippen molar-refractivity contribution in [3.05, 3.63) is 71.3 Å². The van der Waals surface area contributed by atoms with Crippen molar-refractivity contribution in [2.45, 2.75) is 0 Å². The Labute approximate surface area is 123 Å². The van der Waals surface area contributed by atoms with Crippen LogP contribution in [0.25, 0.3) is 16.9 Å². The Bertz CT molecular complexity index is 844. The van der Waals surface area contributed by atoms with Crippen molar-refractivity contribution in [1.82, 2.24) is 9.55 Å². The Balaban J connectivity index is 2.17. The normalized spacial score (nSPS) is 10.5. The highest BCUT2D eigenvalue weighted by Crippen LogP contribution is 2.21. The molecule has 0 aliphatic carbocycles. The summed E-state index contributed by atoms with van der Waals surface area (Å²) in [6.07, 6.45) is 4.67. The molecule has 104 valence electrons. The Morgan fingerprint density at radius 1 is 1.10 bits per heavy atom. The van der Waals surface area contributed by atoms with Gasteiger partial charge in [-0.1, -0.05) is 30.3 Å². The van der Waals surface area contributed by atoms with Crippen LogP contribution in [0.2, 0.25) is 0 Å². The fourth-order valence-electron chi connectivity index (χ4n) is 2.14. The highest BCUT2D eigenvalue weighted by molar-refractivity contribution is 7.28. The average Bonchev–Trinajstić information content (AvgIpc) is 2.51. The second kappa shape index (κ2) is 5.51. The molecule has 0 saturated carbocycles. The van der Waals surface area contributed by atoms with E-state index in [9.17, 15) is 9.90 Å². The van der Waals surface area contributed by atoms with Crippen LogP contribution in [-0.2, 0) is 0 Å². The molecule has 0 fully saturated rings. The number of hydrogen-bond acceptors (Lipinski definition) is 3. The van der Waals surface area contributed by atoms with Gasteiger partial charge in [-0.25, -0.2) is 4.98 Å². The van der Waals surface area contributed by atoms with E-state index in [1.54, 1.807) is 17.0 Å². The second-order valence-electron chi connectivity index (χ2n) is 4.56. The van der Waals surface area contributed by atoms with Gasteiger partial charge >= 0.3 is 0 Å². The molecule has 1 atom stereocenters. The number of benzene rings is 1. The van der Waals surface area contributed by atoms with Crippen molar-refractivity contribution in [3.63, 3.8) is 0 Å². The molecule has 5 heteroatoms. The maximum atomic E-state index is 11.3. The van der Waals surface area contributed by atoms with E-state index >= 15 is 0 Å². The lowest BCUT2D eigenvalue weighted by Crippen LogP contribution is -2.13. The SMILES string of the molecule is O=c1ccn(-c2nccc(-c3ccccc3)c2P)cc1O. The van der Waals surface area contributed by atoms with Gasteiger partial charge in [0.15, 0.2) is 5.75 Å². The predicted octanol–water partition coefficient (Wildman–Crippen LogP) is 2.11. The number of nitrogens with zero attached hydrogens (tertiary/aromatic N) is 2. The van der Waals surface area contributed by atoms with Gasteiger partial charge < -0.3 is 9.67 Å². The predicted molar refractivity (Wildman–Crippen MR) is 86.3 cm³/mol. The van der Waals surface area contributed by atoms with E-state index in [0.717, 1.165) is 16.4 Å². The van der Waals surface area contributed by atoms with Crippen molar-refractivity contribution >= 4 is 14.5 Å². The van der Waals surface area contributed by atoms with Gasteiger partial charge in [0.25, 0.3) is 0 Å². The summed E-state index contributed by atoms with van der Waals surface area (Å²) in [5, 5.41) is 10.5. The number of rotatable bonds is 2. The summed E-state index contributed by atoms with van der Waals surface area (Å²) in [7, 11) is 2.68. The molecule has 3 rings (SSSR count). The lowest BCUT2D eigenvalue weighted by Gasteiger charge is -2.12. The molecular weight excluding hydrogens is 283 g/mol. The van der Waals surface area contributed by atoms with Crippen LogP contribution in [-0.4, -0.2) is 14.7 Å². The second-order valence-corrected chi connectivity index (χ2v) is 5.14. The molecule has 0 radical (unpaired) electrons. The average molecular weight is 296 g/mol. The van der Waals surface area contributed by atoms with Gasteiger partial charge in [-0.3, -0.25) is 4.79 Å². The molecule has 3 aromatic rings. The number of hydrogen-bond donors (Lipinski definition) is 1. The first-order valence-electron chi connectivity index (χ1n) is 6.38. The molecule has 2 heterocycles. The molecule has 0 aliphatic rings. The first-order chi connectivity index (χ1) is 10.2. The number of aromatic hydroxyl groups is 1. The molecule has 1 unspecified atom stereocenters. The molecule has 1 N–H and O–H groups in total. The molecule has 0 aliphatic heterocycles. The topological polar surface area (TPSA) is 55.1 Å². The zero-order valence-electron chi connectivity index (χ0n) is 11.1. The summed E-state index contributed by atoms with van der Waals surface area (Å²) in [6, 6.07) is 13.2. The molecule has 0 spiro atoms. The van der Waals surface area contributed by atoms with E-state index in [2.05, 4.69) is 14.2 Å². The summed E-state index contributed by atoms with van der Waals surface area (Å²) in [5.41, 5.74) is 1.70. The molecule has 0 bridgehead atoms. The van der Waals surface area contributed by atoms with Gasteiger partial charge in [0.1, 0.15) is 5.82 Å². The zero-order valence-corrected chi connectivity index (χ0v) is 12.3. The molecule has 21 heavy (non-hydrogen) atoms. The van der Waals surface area contributed by atoms with E-state index in [0.29, 0.717) is 5.82 Å². The van der Waals surface area contributed by atoms with Crippen molar-refractivity contribution in [2.24, 2.45) is 0 Å². The summed E-state index contributed by atoms with van der Waals surface area (Å²) in [6.45, 7) is 0. The summed E-state index contributed by atoms with van der Waals surface area (Å²) in [4.78, 5) is 15.6. The zero-order chi connectivity index (χ0) is 14.8. The van der Waals surface area contributed by atoms with Crippen molar-refractivity contribution in [1.29, 1.82) is 0 Å². The standard InChI is InChI=1S/C16H13N2O2P/c19-13-7-9-18(10-14(13)20)16-15(21)12(6-8-17-16)11-4-2-1-3-5-11/h1-10,20H,21H2. The van der Waals surface area contributed by atoms with Gasteiger partial charge in [0.2, 0.25) is 5.43 Å². The molecule has 0 amide bonds. The van der Waals surface area contributed by atoms with Crippen LogP contribution in [0.1, 0.15) is 0 Å². The lowest BCUT2D eigenvalue weighted by molar-refractivity contribution is 0.465. The Morgan fingerprint density at radius 2 is 1.86 bits per heavy atom. The Morgan fingerprint density at radius 3 is 2.57 bits per heavy atom. The van der Waals surface area contributed by atoms with Gasteiger partial charge in [-0.2, -0.15) is 0 Å². The Kier molecular flexibility index (Phi) is 3.55. The molecule has 4 nitrogen and oxygen atoms in total. The van der Waals surface area contributed by atoms with Crippen LogP contribution >= 0.6 is 9.24 Å². The van der Waals surface area contributed by atoms with E-state index in [4.69, 9.17) is 0 Å². The Hall–Kier alpha value is -2.45. The molecule has 2 aromatic heterocycles. The summed E-state index contributed by atoms with van der Waals surface area (Å²) >= 11 is 0. The van der Waals surface area contributed by atoms with Crippen molar-refractivity contribution in [3.8, 4) is 22.7 Å². The van der Waals surface area contributed by atoms with Crippen molar-refractivity contribution < 1.29 is 5.11 Å². The third-order valence-electron chi connectivity index (χ3n) is 3.20. The van der Waals surface area contributed by atoms with Gasteiger partial charge in [0.05, 0.1) is 6.20 Å². The fourth-order valence-corrected chi connectivity index (χ4v) is 2.63. The number of pyridine rings is 2. The maximum Gasteiger partial charge on any atom is 0.223 e. The van der Waals surface area contributed by atoms with E-state index in [1.165, 1.54) is 12.3 Å². The van der Waals surface area contributed by atoms with Crippen LogP contribution in [0.15, 0.2) is 65.8 Å². The molecule has 1 aromatic carbocycles. The highest BCUT2D eigenvalue weighted by atomic mass is 31.0. The first kappa shape index (κ1) is 13.5. The van der Waals surface area contributed by atoms with Gasteiger partial charge in [0, 0.05) is 23.8 Å². The molecule has 0 saturated heterocycles. The maximum absolute atomic E-state index is 11.3. The minimum absolute atomic E-state index is 0.297. The highest BCUT2D eigenvalue weighted by Gasteiger charge is 2.09. The van der Waals surface area contributed by atoms with Crippen LogP contribution in [0.4, 0.5) is 0 Å². The third-order valence-corrected chi connectivity index (χ3v) is 3.77. The van der Waals surface area contributed by atoms with E-state index < -0.39 is 5.43 Å². The van der Waals surface area contributed by atoms with Crippen LogP contribution < -0.4 is 10.7 Å². The van der Waals surface area contributed by atoms with Crippen LogP contribution in [0, 0.1) is 0 Å². The summed E-state index contributed by atoms with van der Waals surface area (Å²) < 4.78 is 1.63. The van der Waals surface area contributed by atoms with Crippen LogP contribution in [0.3, 0.4) is 0 Å². The smallest absolute Gasteiger partial charge is 0.223 e. The van der Waals surface area contributed by atoms with E-state index in [1.807, 2.05) is 36.4 Å². The number of aromatic nitrogens is 2.